The average Bonchev–Trinajstić information content (AvgIpc) is 2.93. The smallest absolute Gasteiger partial charge is 0.231 e. The Morgan fingerprint density at radius 1 is 1.17 bits per heavy atom. The first kappa shape index (κ1) is 15.6. The van der Waals surface area contributed by atoms with Crippen molar-refractivity contribution in [1.82, 2.24) is 0 Å². The molecule has 1 aliphatic rings. The molecular weight excluding hydrogens is 362 g/mol. The quantitative estimate of drug-likeness (QED) is 0.829. The van der Waals surface area contributed by atoms with Crippen LogP contribution in [0, 0.1) is 0 Å². The number of Topliss-reactive ketones (excluding diaryl/α,β-unsaturated/α-hetero) is 1. The van der Waals surface area contributed by atoms with Crippen molar-refractivity contribution >= 4 is 33.3 Å². The summed E-state index contributed by atoms with van der Waals surface area (Å²) in [5.41, 5.74) is 1.71. The van der Waals surface area contributed by atoms with Gasteiger partial charge in [-0.25, -0.2) is 0 Å². The third-order valence-corrected chi connectivity index (χ3v) is 3.91. The van der Waals surface area contributed by atoms with Gasteiger partial charge in [0.05, 0.1) is 12.1 Å². The maximum absolute atomic E-state index is 12.3. The number of hydrogen-bond donors (Lipinski definition) is 1. The summed E-state index contributed by atoms with van der Waals surface area (Å²) >= 11 is 3.38. The predicted molar refractivity (Wildman–Crippen MR) is 89.0 cm³/mol. The second kappa shape index (κ2) is 6.42. The Balaban J connectivity index is 1.81. The lowest BCUT2D eigenvalue weighted by atomic mass is 10.1. The monoisotopic (exact) mass is 375 g/mol. The minimum atomic E-state index is -0.204. The molecule has 0 saturated carbocycles. The molecule has 0 unspecified atom stereocenters. The van der Waals surface area contributed by atoms with Crippen LogP contribution in [0.2, 0.25) is 0 Å². The Bertz CT molecular complexity index is 788. The van der Waals surface area contributed by atoms with Gasteiger partial charge in [0.25, 0.3) is 0 Å². The van der Waals surface area contributed by atoms with Gasteiger partial charge >= 0.3 is 0 Å². The summed E-state index contributed by atoms with van der Waals surface area (Å²) in [4.78, 5) is 24.1. The van der Waals surface area contributed by atoms with Gasteiger partial charge in [0.1, 0.15) is 0 Å². The van der Waals surface area contributed by atoms with Gasteiger partial charge in [0, 0.05) is 16.1 Å². The fourth-order valence-corrected chi connectivity index (χ4v) is 2.81. The van der Waals surface area contributed by atoms with Gasteiger partial charge < -0.3 is 14.8 Å². The molecule has 1 aliphatic heterocycles. The van der Waals surface area contributed by atoms with Crippen LogP contribution in [0.1, 0.15) is 22.8 Å². The van der Waals surface area contributed by atoms with E-state index in [1.54, 1.807) is 12.1 Å². The van der Waals surface area contributed by atoms with Gasteiger partial charge in [0.2, 0.25) is 12.7 Å². The van der Waals surface area contributed by atoms with E-state index in [0.717, 1.165) is 10.0 Å². The number of nitrogens with one attached hydrogen (secondary N) is 1. The van der Waals surface area contributed by atoms with E-state index in [-0.39, 0.29) is 24.9 Å². The zero-order valence-electron chi connectivity index (χ0n) is 12.4. The van der Waals surface area contributed by atoms with Crippen LogP contribution in [0.3, 0.4) is 0 Å². The van der Waals surface area contributed by atoms with E-state index < -0.39 is 0 Å². The fraction of sp³-hybridized carbons (Fsp3) is 0.176. The molecule has 0 bridgehead atoms. The lowest BCUT2D eigenvalue weighted by Crippen LogP contribution is -2.16. The molecule has 2 aromatic rings. The Hall–Kier alpha value is -2.34. The third kappa shape index (κ3) is 3.53. The first-order valence-electron chi connectivity index (χ1n) is 7.02. The number of fused-ring (bicyclic) bond motifs is 1. The van der Waals surface area contributed by atoms with Crippen molar-refractivity contribution in [3.05, 3.63) is 52.0 Å². The molecule has 0 aromatic heterocycles. The molecule has 0 aliphatic carbocycles. The number of anilines is 1. The molecule has 0 fully saturated rings. The Labute approximate surface area is 141 Å². The second-order valence-electron chi connectivity index (χ2n) is 5.16. The zero-order chi connectivity index (χ0) is 16.4. The molecule has 1 N–H and O–H groups in total. The molecule has 1 amide bonds. The standard InChI is InChI=1S/C17H14BrNO4/c1-10(20)13-7-15-16(23-9-22-15)8-14(13)19-17(21)6-11-3-2-4-12(18)5-11/h2-5,7-8H,6,9H2,1H3,(H,19,21). The highest BCUT2D eigenvalue weighted by Crippen LogP contribution is 2.37. The number of hydrogen-bond acceptors (Lipinski definition) is 4. The molecule has 0 radical (unpaired) electrons. The predicted octanol–water partition coefficient (Wildman–Crippen LogP) is 3.56. The molecule has 5 nitrogen and oxygen atoms in total. The summed E-state index contributed by atoms with van der Waals surface area (Å²) in [6.07, 6.45) is 0.214. The summed E-state index contributed by atoms with van der Waals surface area (Å²) < 4.78 is 11.5. The molecule has 0 saturated heterocycles. The Morgan fingerprint density at radius 2 is 1.91 bits per heavy atom. The summed E-state index contributed by atoms with van der Waals surface area (Å²) in [5, 5.41) is 2.78. The number of ether oxygens (including phenoxy) is 2. The van der Waals surface area contributed by atoms with Crippen molar-refractivity contribution in [1.29, 1.82) is 0 Å². The molecule has 6 heteroatoms. The fourth-order valence-electron chi connectivity index (χ4n) is 2.36. The van der Waals surface area contributed by atoms with E-state index >= 15 is 0 Å². The molecular formula is C17H14BrNO4. The van der Waals surface area contributed by atoms with Crippen molar-refractivity contribution in [2.24, 2.45) is 0 Å². The molecule has 0 spiro atoms. The number of amides is 1. The lowest BCUT2D eigenvalue weighted by molar-refractivity contribution is -0.115. The van der Waals surface area contributed by atoms with E-state index in [9.17, 15) is 9.59 Å². The SMILES string of the molecule is CC(=O)c1cc2c(cc1NC(=O)Cc1cccc(Br)c1)OCO2. The number of halogens is 1. The van der Waals surface area contributed by atoms with E-state index in [2.05, 4.69) is 21.2 Å². The van der Waals surface area contributed by atoms with Crippen molar-refractivity contribution in [2.75, 3.05) is 12.1 Å². The highest BCUT2D eigenvalue weighted by molar-refractivity contribution is 9.10. The first-order chi connectivity index (χ1) is 11.0. The van der Waals surface area contributed by atoms with Crippen LogP contribution in [0.4, 0.5) is 5.69 Å². The molecule has 2 aromatic carbocycles. The van der Waals surface area contributed by atoms with Crippen molar-refractivity contribution in [3.63, 3.8) is 0 Å². The van der Waals surface area contributed by atoms with Crippen LogP contribution in [0.15, 0.2) is 40.9 Å². The summed E-state index contributed by atoms with van der Waals surface area (Å²) in [6.45, 7) is 1.56. The van der Waals surface area contributed by atoms with Crippen LogP contribution in [-0.2, 0) is 11.2 Å². The summed E-state index contributed by atoms with van der Waals surface area (Å²) in [5.74, 6) is 0.679. The number of rotatable bonds is 4. The highest BCUT2D eigenvalue weighted by Gasteiger charge is 2.20. The molecule has 1 heterocycles. The van der Waals surface area contributed by atoms with Gasteiger partial charge in [0.15, 0.2) is 17.3 Å². The molecule has 118 valence electrons. The maximum Gasteiger partial charge on any atom is 0.231 e. The van der Waals surface area contributed by atoms with Crippen molar-refractivity contribution in [3.8, 4) is 11.5 Å². The number of carbonyl (C=O) groups excluding carboxylic acids is 2. The van der Waals surface area contributed by atoms with Crippen LogP contribution in [0.5, 0.6) is 11.5 Å². The lowest BCUT2D eigenvalue weighted by Gasteiger charge is -2.11. The van der Waals surface area contributed by atoms with E-state index in [0.29, 0.717) is 22.7 Å². The second-order valence-corrected chi connectivity index (χ2v) is 6.08. The summed E-state index contributed by atoms with van der Waals surface area (Å²) in [6, 6.07) is 10.7. The largest absolute Gasteiger partial charge is 0.454 e. The first-order valence-corrected chi connectivity index (χ1v) is 7.81. The van der Waals surface area contributed by atoms with E-state index in [1.807, 2.05) is 24.3 Å². The average molecular weight is 376 g/mol. The Kier molecular flexibility index (Phi) is 4.34. The summed E-state index contributed by atoms with van der Waals surface area (Å²) in [7, 11) is 0. The van der Waals surface area contributed by atoms with E-state index in [4.69, 9.17) is 9.47 Å². The van der Waals surface area contributed by atoms with Gasteiger partial charge in [-0.3, -0.25) is 9.59 Å². The van der Waals surface area contributed by atoms with Crippen LogP contribution < -0.4 is 14.8 Å². The minimum absolute atomic E-state index is 0.113. The topological polar surface area (TPSA) is 64.6 Å². The molecule has 0 atom stereocenters. The van der Waals surface area contributed by atoms with Crippen LogP contribution >= 0.6 is 15.9 Å². The van der Waals surface area contributed by atoms with Gasteiger partial charge in [-0.2, -0.15) is 0 Å². The normalized spacial score (nSPS) is 12.1. The van der Waals surface area contributed by atoms with Gasteiger partial charge in [-0.15, -0.1) is 0 Å². The van der Waals surface area contributed by atoms with Gasteiger partial charge in [-0.1, -0.05) is 28.1 Å². The number of ketones is 1. The maximum atomic E-state index is 12.3. The van der Waals surface area contributed by atoms with Crippen molar-refractivity contribution < 1.29 is 19.1 Å². The van der Waals surface area contributed by atoms with E-state index in [1.165, 1.54) is 6.92 Å². The van der Waals surface area contributed by atoms with Crippen molar-refractivity contribution in [2.45, 2.75) is 13.3 Å². The number of carbonyl (C=O) groups is 2. The zero-order valence-corrected chi connectivity index (χ0v) is 14.0. The highest BCUT2D eigenvalue weighted by atomic mass is 79.9. The number of benzene rings is 2. The van der Waals surface area contributed by atoms with Crippen LogP contribution in [-0.4, -0.2) is 18.5 Å². The third-order valence-electron chi connectivity index (χ3n) is 3.42. The Morgan fingerprint density at radius 3 is 2.61 bits per heavy atom. The minimum Gasteiger partial charge on any atom is -0.454 e. The van der Waals surface area contributed by atoms with Crippen LogP contribution in [0.25, 0.3) is 0 Å². The molecule has 3 rings (SSSR count). The van der Waals surface area contributed by atoms with Gasteiger partial charge in [-0.05, 0) is 30.7 Å². The molecule has 23 heavy (non-hydrogen) atoms.